The van der Waals surface area contributed by atoms with Crippen LogP contribution in [0.1, 0.15) is 26.3 Å². The van der Waals surface area contributed by atoms with E-state index in [2.05, 4.69) is 0 Å². The minimum Gasteiger partial charge on any atom is -0.479 e. The van der Waals surface area contributed by atoms with Crippen molar-refractivity contribution in [2.45, 2.75) is 39.0 Å². The Morgan fingerprint density at radius 1 is 1.30 bits per heavy atom. The van der Waals surface area contributed by atoms with E-state index in [1.165, 1.54) is 6.08 Å². The zero-order chi connectivity index (χ0) is 17.3. The van der Waals surface area contributed by atoms with E-state index in [4.69, 9.17) is 9.57 Å². The maximum absolute atomic E-state index is 11.3. The van der Waals surface area contributed by atoms with Gasteiger partial charge in [-0.2, -0.15) is 0 Å². The first-order valence-electron chi connectivity index (χ1n) is 7.27. The lowest BCUT2D eigenvalue weighted by atomic mass is 10.2. The SMILES string of the molecule is CC(C)(C)ON(C=O)C(C=CCOCc1ccccc1)C(=O)O. The largest absolute Gasteiger partial charge is 0.479 e. The maximum atomic E-state index is 11.3. The van der Waals surface area contributed by atoms with Gasteiger partial charge in [0.25, 0.3) is 0 Å². The van der Waals surface area contributed by atoms with Crippen molar-refractivity contribution in [1.29, 1.82) is 0 Å². The highest BCUT2D eigenvalue weighted by Gasteiger charge is 2.27. The topological polar surface area (TPSA) is 76.1 Å². The number of nitrogens with zero attached hydrogens (tertiary/aromatic N) is 1. The molecule has 0 aliphatic heterocycles. The lowest BCUT2D eigenvalue weighted by Crippen LogP contribution is -2.43. The van der Waals surface area contributed by atoms with Crippen molar-refractivity contribution in [2.75, 3.05) is 6.61 Å². The summed E-state index contributed by atoms with van der Waals surface area (Å²) in [5.74, 6) is -1.18. The molecule has 6 nitrogen and oxygen atoms in total. The molecule has 1 aromatic carbocycles. The second kappa shape index (κ2) is 9.07. The third kappa shape index (κ3) is 7.58. The number of amides is 1. The summed E-state index contributed by atoms with van der Waals surface area (Å²) in [4.78, 5) is 27.7. The maximum Gasteiger partial charge on any atom is 0.333 e. The second-order valence-electron chi connectivity index (χ2n) is 5.88. The monoisotopic (exact) mass is 321 g/mol. The molecule has 0 aliphatic rings. The number of carbonyl (C=O) groups excluding carboxylic acids is 1. The van der Waals surface area contributed by atoms with Crippen LogP contribution in [0.15, 0.2) is 42.5 Å². The van der Waals surface area contributed by atoms with Crippen LogP contribution in [0.5, 0.6) is 0 Å². The summed E-state index contributed by atoms with van der Waals surface area (Å²) in [7, 11) is 0. The van der Waals surface area contributed by atoms with E-state index in [0.717, 1.165) is 10.6 Å². The summed E-state index contributed by atoms with van der Waals surface area (Å²) in [5.41, 5.74) is 0.355. The minimum absolute atomic E-state index is 0.237. The summed E-state index contributed by atoms with van der Waals surface area (Å²) >= 11 is 0. The predicted octanol–water partition coefficient (Wildman–Crippen LogP) is 2.40. The standard InChI is InChI=1S/C17H23NO5/c1-17(2,3)23-18(13-19)15(16(20)21)10-7-11-22-12-14-8-5-4-6-9-14/h4-10,13,15H,11-12H2,1-3H3,(H,20,21). The zero-order valence-corrected chi connectivity index (χ0v) is 13.6. The van der Waals surface area contributed by atoms with Crippen LogP contribution >= 0.6 is 0 Å². The van der Waals surface area contributed by atoms with Crippen LogP contribution in [-0.4, -0.2) is 40.8 Å². The quantitative estimate of drug-likeness (QED) is 0.327. The number of hydrogen-bond donors (Lipinski definition) is 1. The summed E-state index contributed by atoms with van der Waals surface area (Å²) in [6.07, 6.45) is 3.29. The van der Waals surface area contributed by atoms with Gasteiger partial charge in [-0.3, -0.25) is 9.63 Å². The smallest absolute Gasteiger partial charge is 0.333 e. The lowest BCUT2D eigenvalue weighted by molar-refractivity contribution is -0.228. The Bertz CT molecular complexity index is 522. The van der Waals surface area contributed by atoms with E-state index in [0.29, 0.717) is 13.0 Å². The van der Waals surface area contributed by atoms with Gasteiger partial charge in [0.1, 0.15) is 0 Å². The number of carboxylic acid groups (broad SMARTS) is 1. The molecule has 1 rings (SSSR count). The Kier molecular flexibility index (Phi) is 7.44. The van der Waals surface area contributed by atoms with Crippen molar-refractivity contribution in [1.82, 2.24) is 5.06 Å². The summed E-state index contributed by atoms with van der Waals surface area (Å²) < 4.78 is 5.44. The normalized spacial score (nSPS) is 13.0. The summed E-state index contributed by atoms with van der Waals surface area (Å²) in [6, 6.07) is 8.43. The van der Waals surface area contributed by atoms with Crippen molar-refractivity contribution in [3.63, 3.8) is 0 Å². The van der Waals surface area contributed by atoms with Crippen molar-refractivity contribution < 1.29 is 24.3 Å². The third-order valence-electron chi connectivity index (χ3n) is 2.65. The molecule has 6 heteroatoms. The number of hydrogen-bond acceptors (Lipinski definition) is 4. The highest BCUT2D eigenvalue weighted by atomic mass is 16.7. The number of rotatable bonds is 9. The number of carbonyl (C=O) groups is 2. The average molecular weight is 321 g/mol. The molecular weight excluding hydrogens is 298 g/mol. The van der Waals surface area contributed by atoms with Crippen molar-refractivity contribution in [3.05, 3.63) is 48.0 Å². The fourth-order valence-corrected chi connectivity index (χ4v) is 1.74. The highest BCUT2D eigenvalue weighted by Crippen LogP contribution is 2.12. The molecule has 0 fully saturated rings. The Hall–Kier alpha value is -2.18. The van der Waals surface area contributed by atoms with Crippen LogP contribution in [0, 0.1) is 0 Å². The number of benzene rings is 1. The molecule has 1 amide bonds. The van der Waals surface area contributed by atoms with E-state index < -0.39 is 17.6 Å². The molecule has 0 radical (unpaired) electrons. The van der Waals surface area contributed by atoms with Crippen molar-refractivity contribution >= 4 is 12.4 Å². The van der Waals surface area contributed by atoms with Crippen LogP contribution in [0.3, 0.4) is 0 Å². The van der Waals surface area contributed by atoms with Crippen molar-refractivity contribution in [2.24, 2.45) is 0 Å². The van der Waals surface area contributed by atoms with E-state index in [1.54, 1.807) is 26.8 Å². The summed E-state index contributed by atoms with van der Waals surface area (Å²) in [6.45, 7) is 5.86. The van der Waals surface area contributed by atoms with E-state index in [-0.39, 0.29) is 6.61 Å². The Labute approximate surface area is 136 Å². The predicted molar refractivity (Wildman–Crippen MR) is 85.4 cm³/mol. The van der Waals surface area contributed by atoms with Crippen LogP contribution in [-0.2, 0) is 25.8 Å². The van der Waals surface area contributed by atoms with E-state index >= 15 is 0 Å². The Balaban J connectivity index is 2.54. The van der Waals surface area contributed by atoms with Gasteiger partial charge < -0.3 is 9.84 Å². The molecule has 126 valence electrons. The third-order valence-corrected chi connectivity index (χ3v) is 2.65. The second-order valence-corrected chi connectivity index (χ2v) is 5.88. The molecule has 0 saturated heterocycles. The molecule has 0 heterocycles. The Morgan fingerprint density at radius 3 is 2.48 bits per heavy atom. The number of hydroxylamine groups is 2. The van der Waals surface area contributed by atoms with Gasteiger partial charge >= 0.3 is 5.97 Å². The molecule has 1 aromatic rings. The lowest BCUT2D eigenvalue weighted by Gasteiger charge is -2.29. The van der Waals surface area contributed by atoms with Gasteiger partial charge in [-0.05, 0) is 26.3 Å². The van der Waals surface area contributed by atoms with Gasteiger partial charge in [0.15, 0.2) is 6.04 Å². The molecule has 0 saturated carbocycles. The van der Waals surface area contributed by atoms with E-state index in [1.807, 2.05) is 30.3 Å². The Morgan fingerprint density at radius 2 is 1.96 bits per heavy atom. The average Bonchev–Trinajstić information content (AvgIpc) is 2.48. The first-order chi connectivity index (χ1) is 10.8. The number of aliphatic carboxylic acids is 1. The number of ether oxygens (including phenoxy) is 1. The molecule has 0 aromatic heterocycles. The molecule has 0 aliphatic carbocycles. The van der Waals surface area contributed by atoms with Gasteiger partial charge in [0.05, 0.1) is 18.8 Å². The van der Waals surface area contributed by atoms with Gasteiger partial charge in [0.2, 0.25) is 6.41 Å². The van der Waals surface area contributed by atoms with Crippen LogP contribution in [0.2, 0.25) is 0 Å². The summed E-state index contributed by atoms with van der Waals surface area (Å²) in [5, 5.41) is 10.0. The van der Waals surface area contributed by atoms with Crippen molar-refractivity contribution in [3.8, 4) is 0 Å². The molecule has 1 N–H and O–H groups in total. The van der Waals surface area contributed by atoms with Gasteiger partial charge in [0, 0.05) is 0 Å². The first-order valence-corrected chi connectivity index (χ1v) is 7.27. The first kappa shape index (κ1) is 18.9. The van der Waals surface area contributed by atoms with Crippen LogP contribution in [0.25, 0.3) is 0 Å². The molecule has 1 unspecified atom stereocenters. The highest BCUT2D eigenvalue weighted by molar-refractivity contribution is 5.78. The molecule has 1 atom stereocenters. The molecule has 0 spiro atoms. The fraction of sp³-hybridized carbons (Fsp3) is 0.412. The molecular formula is C17H23NO5. The molecule has 23 heavy (non-hydrogen) atoms. The van der Waals surface area contributed by atoms with Gasteiger partial charge in [-0.25, -0.2) is 9.86 Å². The van der Waals surface area contributed by atoms with E-state index in [9.17, 15) is 14.7 Å². The van der Waals surface area contributed by atoms with Crippen LogP contribution in [0.4, 0.5) is 0 Å². The molecule has 0 bridgehead atoms. The van der Waals surface area contributed by atoms with Gasteiger partial charge in [-0.15, -0.1) is 0 Å². The zero-order valence-electron chi connectivity index (χ0n) is 13.6. The van der Waals surface area contributed by atoms with Crippen LogP contribution < -0.4 is 0 Å². The fourth-order valence-electron chi connectivity index (χ4n) is 1.74. The van der Waals surface area contributed by atoms with Gasteiger partial charge in [-0.1, -0.05) is 42.5 Å². The minimum atomic E-state index is -1.20. The number of carboxylic acids is 1.